The molecule has 21 heavy (non-hydrogen) atoms. The summed E-state index contributed by atoms with van der Waals surface area (Å²) >= 11 is 1.68. The van der Waals surface area contributed by atoms with Crippen molar-refractivity contribution >= 4 is 27.5 Å². The number of thiophene rings is 1. The van der Waals surface area contributed by atoms with Crippen LogP contribution in [0, 0.1) is 10.8 Å². The highest BCUT2D eigenvalue weighted by Crippen LogP contribution is 2.52. The van der Waals surface area contributed by atoms with Crippen molar-refractivity contribution in [2.45, 2.75) is 46.1 Å². The maximum absolute atomic E-state index is 12.9. The summed E-state index contributed by atoms with van der Waals surface area (Å²) in [6.07, 6.45) is 3.51. The van der Waals surface area contributed by atoms with Gasteiger partial charge in [0.15, 0.2) is 0 Å². The predicted octanol–water partition coefficient (Wildman–Crippen LogP) is 4.27. The van der Waals surface area contributed by atoms with Crippen molar-refractivity contribution in [2.75, 3.05) is 6.54 Å². The predicted molar refractivity (Wildman–Crippen MR) is 86.7 cm³/mol. The summed E-state index contributed by atoms with van der Waals surface area (Å²) in [5.74, 6) is 0.185. The molecule has 4 heteroatoms. The van der Waals surface area contributed by atoms with Gasteiger partial charge in [-0.25, -0.2) is 0 Å². The summed E-state index contributed by atoms with van der Waals surface area (Å²) in [7, 11) is 0. The van der Waals surface area contributed by atoms with Crippen LogP contribution in [0.3, 0.4) is 0 Å². The van der Waals surface area contributed by atoms with Crippen molar-refractivity contribution in [3.63, 3.8) is 0 Å². The highest BCUT2D eigenvalue weighted by Gasteiger charge is 2.51. The number of nitrogens with zero attached hydrogens (tertiary/aromatic N) is 1. The molecular weight excluding hydrogens is 280 g/mol. The average molecular weight is 302 g/mol. The highest BCUT2D eigenvalue weighted by atomic mass is 32.1. The van der Waals surface area contributed by atoms with Crippen LogP contribution in [0.25, 0.3) is 10.2 Å². The first-order valence-electron chi connectivity index (χ1n) is 7.73. The van der Waals surface area contributed by atoms with Gasteiger partial charge < -0.3 is 9.88 Å². The summed E-state index contributed by atoms with van der Waals surface area (Å²) in [4.78, 5) is 18.3. The Morgan fingerprint density at radius 2 is 2.19 bits per heavy atom. The largest absolute Gasteiger partial charge is 0.350 e. The number of hydrogen-bond donors (Lipinski definition) is 1. The van der Waals surface area contributed by atoms with Crippen molar-refractivity contribution in [1.82, 2.24) is 9.88 Å². The maximum atomic E-state index is 12.9. The van der Waals surface area contributed by atoms with E-state index in [-0.39, 0.29) is 5.91 Å². The van der Waals surface area contributed by atoms with E-state index in [2.05, 4.69) is 36.0 Å². The standard InChI is InChI=1S/C17H22N2OS/c1-16(2)7-11-8-17(3,9-16)10-19(11)15(20)13-6-14-12(18-13)4-5-21-14/h4-6,11,18H,7-10H2,1-3H3. The van der Waals surface area contributed by atoms with Crippen molar-refractivity contribution in [3.05, 3.63) is 23.2 Å². The summed E-state index contributed by atoms with van der Waals surface area (Å²) < 4.78 is 1.17. The number of carbonyl (C=O) groups is 1. The fourth-order valence-electron chi connectivity index (χ4n) is 4.82. The molecule has 2 fully saturated rings. The van der Waals surface area contributed by atoms with Gasteiger partial charge in [-0.1, -0.05) is 20.8 Å². The molecule has 0 spiro atoms. The van der Waals surface area contributed by atoms with Gasteiger partial charge in [0.25, 0.3) is 5.91 Å². The zero-order valence-corrected chi connectivity index (χ0v) is 13.7. The van der Waals surface area contributed by atoms with Crippen molar-refractivity contribution in [1.29, 1.82) is 0 Å². The maximum Gasteiger partial charge on any atom is 0.270 e. The monoisotopic (exact) mass is 302 g/mol. The molecule has 2 atom stereocenters. The summed E-state index contributed by atoms with van der Waals surface area (Å²) in [6, 6.07) is 4.47. The Balaban J connectivity index is 1.65. The van der Waals surface area contributed by atoms with Crippen LogP contribution in [0.2, 0.25) is 0 Å². The van der Waals surface area contributed by atoms with Gasteiger partial charge in [0.1, 0.15) is 5.69 Å². The van der Waals surface area contributed by atoms with Crippen LogP contribution in [0.15, 0.2) is 17.5 Å². The minimum absolute atomic E-state index is 0.185. The van der Waals surface area contributed by atoms with Crippen LogP contribution in [0.5, 0.6) is 0 Å². The molecule has 1 amide bonds. The summed E-state index contributed by atoms with van der Waals surface area (Å²) in [5, 5.41) is 2.06. The van der Waals surface area contributed by atoms with Crippen LogP contribution in [-0.2, 0) is 0 Å². The number of hydrogen-bond acceptors (Lipinski definition) is 2. The van der Waals surface area contributed by atoms with Crippen LogP contribution in [0.4, 0.5) is 0 Å². The lowest BCUT2D eigenvalue weighted by molar-refractivity contribution is 0.0703. The third kappa shape index (κ3) is 2.11. The first-order valence-corrected chi connectivity index (χ1v) is 8.61. The fourth-order valence-corrected chi connectivity index (χ4v) is 5.60. The molecule has 1 saturated heterocycles. The van der Waals surface area contributed by atoms with Crippen LogP contribution in [-0.4, -0.2) is 28.4 Å². The third-order valence-corrected chi connectivity index (χ3v) is 6.01. The lowest BCUT2D eigenvalue weighted by Gasteiger charge is -2.39. The Morgan fingerprint density at radius 3 is 2.95 bits per heavy atom. The van der Waals surface area contributed by atoms with Crippen molar-refractivity contribution in [2.24, 2.45) is 10.8 Å². The van der Waals surface area contributed by atoms with E-state index in [0.29, 0.717) is 16.9 Å². The second-order valence-corrected chi connectivity index (χ2v) is 8.98. The number of amides is 1. The number of likely N-dealkylation sites (tertiary alicyclic amines) is 1. The molecule has 3 heterocycles. The lowest BCUT2D eigenvalue weighted by atomic mass is 9.65. The zero-order valence-electron chi connectivity index (χ0n) is 12.9. The van der Waals surface area contributed by atoms with Gasteiger partial charge in [0, 0.05) is 12.6 Å². The fraction of sp³-hybridized carbons (Fsp3) is 0.588. The summed E-state index contributed by atoms with van der Waals surface area (Å²) in [5.41, 5.74) is 2.48. The molecule has 1 aliphatic heterocycles. The smallest absolute Gasteiger partial charge is 0.270 e. The van der Waals surface area contributed by atoms with E-state index in [1.54, 1.807) is 11.3 Å². The molecule has 2 aliphatic rings. The number of nitrogens with one attached hydrogen (secondary N) is 1. The van der Waals surface area contributed by atoms with E-state index in [9.17, 15) is 4.79 Å². The van der Waals surface area contributed by atoms with Gasteiger partial charge in [-0.05, 0) is 47.6 Å². The molecule has 2 aromatic heterocycles. The minimum atomic E-state index is 0.185. The first kappa shape index (κ1) is 13.4. The molecule has 112 valence electrons. The zero-order chi connectivity index (χ0) is 14.8. The van der Waals surface area contributed by atoms with E-state index in [4.69, 9.17) is 0 Å². The first-order chi connectivity index (χ1) is 9.85. The van der Waals surface area contributed by atoms with Gasteiger partial charge in [0.2, 0.25) is 0 Å². The van der Waals surface area contributed by atoms with Gasteiger partial charge in [0.05, 0.1) is 10.2 Å². The molecule has 1 aliphatic carbocycles. The number of carbonyl (C=O) groups excluding carboxylic acids is 1. The van der Waals surface area contributed by atoms with E-state index < -0.39 is 0 Å². The van der Waals surface area contributed by atoms with Crippen molar-refractivity contribution in [3.8, 4) is 0 Å². The molecule has 1 N–H and O–H groups in total. The molecule has 2 aromatic rings. The minimum Gasteiger partial charge on any atom is -0.350 e. The van der Waals surface area contributed by atoms with Crippen molar-refractivity contribution < 1.29 is 4.79 Å². The number of aromatic nitrogens is 1. The molecule has 0 aromatic carbocycles. The van der Waals surface area contributed by atoms with Gasteiger partial charge in [-0.3, -0.25) is 4.79 Å². The Kier molecular flexibility index (Phi) is 2.63. The molecular formula is C17H22N2OS. The number of rotatable bonds is 1. The average Bonchev–Trinajstić information content (AvgIpc) is 2.97. The number of fused-ring (bicyclic) bond motifs is 3. The second kappa shape index (κ2) is 4.13. The van der Waals surface area contributed by atoms with Crippen LogP contribution >= 0.6 is 11.3 Å². The SMILES string of the molecule is CC1(C)CC2CC(C)(CN2C(=O)c2cc3sccc3[nH]2)C1. The molecule has 0 radical (unpaired) electrons. The molecule has 3 nitrogen and oxygen atoms in total. The Labute approximate surface area is 129 Å². The number of aromatic amines is 1. The molecule has 1 saturated carbocycles. The third-order valence-electron chi connectivity index (χ3n) is 5.15. The molecule has 2 unspecified atom stereocenters. The second-order valence-electron chi connectivity index (χ2n) is 8.03. The quantitative estimate of drug-likeness (QED) is 0.839. The van der Waals surface area contributed by atoms with Gasteiger partial charge in [-0.15, -0.1) is 11.3 Å². The Bertz CT molecular complexity index is 685. The topological polar surface area (TPSA) is 36.1 Å². The highest BCUT2D eigenvalue weighted by molar-refractivity contribution is 7.17. The normalized spacial score (nSPS) is 31.0. The van der Waals surface area contributed by atoms with E-state index in [1.807, 2.05) is 12.1 Å². The van der Waals surface area contributed by atoms with Crippen LogP contribution < -0.4 is 0 Å². The number of H-pyrrole nitrogens is 1. The lowest BCUT2D eigenvalue weighted by Crippen LogP contribution is -2.37. The Hall–Kier alpha value is -1.29. The van der Waals surface area contributed by atoms with Gasteiger partial charge in [-0.2, -0.15) is 0 Å². The molecule has 2 bridgehead atoms. The van der Waals surface area contributed by atoms with E-state index in [1.165, 1.54) is 11.1 Å². The van der Waals surface area contributed by atoms with E-state index >= 15 is 0 Å². The Morgan fingerprint density at radius 1 is 1.38 bits per heavy atom. The van der Waals surface area contributed by atoms with Gasteiger partial charge >= 0.3 is 0 Å². The summed E-state index contributed by atoms with van der Waals surface area (Å²) in [6.45, 7) is 7.94. The molecule has 4 rings (SSSR count). The van der Waals surface area contributed by atoms with E-state index in [0.717, 1.165) is 30.6 Å². The van der Waals surface area contributed by atoms with Crippen LogP contribution in [0.1, 0.15) is 50.5 Å².